The summed E-state index contributed by atoms with van der Waals surface area (Å²) in [5.41, 5.74) is 0. The molecule has 0 unspecified atom stereocenters. The summed E-state index contributed by atoms with van der Waals surface area (Å²) in [7, 11) is 0. The van der Waals surface area contributed by atoms with Crippen LogP contribution in [0.1, 0.15) is 123 Å². The first kappa shape index (κ1) is 92.2. The van der Waals surface area contributed by atoms with Gasteiger partial charge in [0.1, 0.15) is 41.1 Å². The van der Waals surface area contributed by atoms with Crippen LogP contribution in [0.2, 0.25) is 0 Å². The third kappa shape index (κ3) is 34.4. The Hall–Kier alpha value is -5.44. The molecule has 0 saturated heterocycles. The standard InChI is InChI=1S/5C9H10N3S2.3C6H4N3S2.4Cu/c5*1-6(2)7-5-11-9(14-7)12-8-10-3-4-13-8;3*1-3-10-5(7-1)9-6-8-2-4-11-6;;;;/h5*3-6H,1-2H3;3*1-4H;;;;/q8*-1;4*+2. The maximum Gasteiger partial charge on any atom is 2.00 e. The summed E-state index contributed by atoms with van der Waals surface area (Å²) >= 11 is 24.8. The normalized spacial score (nSPS) is 12.0. The van der Waals surface area contributed by atoms with Crippen molar-refractivity contribution >= 4 is 222 Å². The molecule has 107 heavy (non-hydrogen) atoms. The molecule has 0 N–H and O–H groups in total. The smallest absolute Gasteiger partial charge is 0.433 e. The van der Waals surface area contributed by atoms with Crippen LogP contribution in [0.4, 0.5) is 41.1 Å². The third-order valence-corrected chi connectivity index (χ3v) is 24.8. The SMILES string of the molecule is CC(C)c1c[n-]c(=Nc2nccs2)s1.CC(C)c1c[n-]c(=Nc2nccs2)s1.CC(C)c1c[n-]c(=Nc2nccs2)s1.CC(C)c1c[n-]c(=Nc2nccs2)s1.CC(C)c1c[n-]c(=Nc2nccs2)s1.[Cu+2].[Cu+2].[Cu+2].[Cu+2].c1csc(N=c2[n-]ccs2)n1.c1csc(N=c2[n-]ccs2)n1.c1csc(N=c2[n-]ccs2)n1. The van der Waals surface area contributed by atoms with E-state index in [1.54, 1.807) is 125 Å². The van der Waals surface area contributed by atoms with Crippen molar-refractivity contribution in [2.75, 3.05) is 0 Å². The molecule has 0 spiro atoms. The number of nitrogens with zero attached hydrogens (tertiary/aromatic N) is 24. The Bertz CT molecular complexity index is 4660. The molecule has 0 aliphatic rings. The molecule has 16 aromatic heterocycles. The summed E-state index contributed by atoms with van der Waals surface area (Å²) < 4.78 is 0. The van der Waals surface area contributed by atoms with E-state index in [-0.39, 0.29) is 68.3 Å². The van der Waals surface area contributed by atoms with E-state index in [1.165, 1.54) is 149 Å². The Kier molecular flexibility index (Phi) is 44.1. The maximum absolute atomic E-state index is 4.32. The molecule has 0 amide bonds. The van der Waals surface area contributed by atoms with Crippen LogP contribution in [0.5, 0.6) is 0 Å². The van der Waals surface area contributed by atoms with Gasteiger partial charge in [0.15, 0.2) is 0 Å². The number of hydrogen-bond acceptors (Lipinski definition) is 32. The van der Waals surface area contributed by atoms with E-state index in [4.69, 9.17) is 0 Å². The molecule has 0 bridgehead atoms. The molecule has 0 aromatic carbocycles. The van der Waals surface area contributed by atoms with E-state index in [0.717, 1.165) is 79.5 Å². The van der Waals surface area contributed by atoms with Gasteiger partial charge < -0.3 is 79.8 Å². The van der Waals surface area contributed by atoms with Crippen molar-refractivity contribution in [3.63, 3.8) is 0 Å². The van der Waals surface area contributed by atoms with Crippen LogP contribution in [0, 0.1) is 0 Å². The molecule has 0 atom stereocenters. The number of aromatic nitrogens is 16. The summed E-state index contributed by atoms with van der Waals surface area (Å²) in [6.45, 7) is 21.5. The van der Waals surface area contributed by atoms with E-state index in [0.29, 0.717) is 29.6 Å². The minimum absolute atomic E-state index is 0. The van der Waals surface area contributed by atoms with E-state index in [9.17, 15) is 0 Å². The minimum atomic E-state index is 0. The van der Waals surface area contributed by atoms with E-state index >= 15 is 0 Å². The average Bonchev–Trinajstić information content (AvgIpc) is 1.81. The van der Waals surface area contributed by atoms with Crippen molar-refractivity contribution in [1.82, 2.24) is 79.7 Å². The number of rotatable bonds is 13. The summed E-state index contributed by atoms with van der Waals surface area (Å²) in [5, 5.41) is 27.1. The Morgan fingerprint density at radius 3 is 0.486 bits per heavy atom. The molecule has 4 radical (unpaired) electrons. The molecule has 0 fully saturated rings. The topological polar surface area (TPSA) is 315 Å². The van der Waals surface area contributed by atoms with Gasteiger partial charge in [-0.25, -0.2) is 39.9 Å². The summed E-state index contributed by atoms with van der Waals surface area (Å²) in [5.74, 6) is 2.61. The van der Waals surface area contributed by atoms with Crippen molar-refractivity contribution in [2.45, 2.75) is 98.8 Å². The fourth-order valence-corrected chi connectivity index (χ4v) is 16.6. The van der Waals surface area contributed by atoms with Gasteiger partial charge in [0, 0.05) is 141 Å². The zero-order valence-electron chi connectivity index (χ0n) is 57.4. The van der Waals surface area contributed by atoms with Crippen molar-refractivity contribution in [3.05, 3.63) is 221 Å². The van der Waals surface area contributed by atoms with Gasteiger partial charge in [-0.05, 0) is 60.1 Å². The van der Waals surface area contributed by atoms with Gasteiger partial charge >= 0.3 is 68.3 Å². The molecular weight excluding hydrogens is 1860 g/mol. The van der Waals surface area contributed by atoms with E-state index < -0.39 is 0 Å². The first-order valence-corrected chi connectivity index (χ1v) is 44.3. The molecule has 0 saturated carbocycles. The quantitative estimate of drug-likeness (QED) is 0.0968. The van der Waals surface area contributed by atoms with Gasteiger partial charge in [-0.3, -0.25) is 0 Å². The Morgan fingerprint density at radius 2 is 0.374 bits per heavy atom. The van der Waals surface area contributed by atoms with Gasteiger partial charge in [0.25, 0.3) is 0 Å². The number of thiazole rings is 16. The zero-order chi connectivity index (χ0) is 72.4. The van der Waals surface area contributed by atoms with Crippen molar-refractivity contribution < 1.29 is 68.3 Å². The summed E-state index contributed by atoms with van der Waals surface area (Å²) in [4.78, 5) is 112. The van der Waals surface area contributed by atoms with Crippen LogP contribution < -0.4 is 78.3 Å². The molecule has 0 aliphatic carbocycles. The van der Waals surface area contributed by atoms with E-state index in [1.807, 2.05) is 90.2 Å². The second-order valence-electron chi connectivity index (χ2n) is 20.9. The second kappa shape index (κ2) is 51.2. The van der Waals surface area contributed by atoms with Crippen LogP contribution in [0.15, 0.2) is 198 Å². The Morgan fingerprint density at radius 1 is 0.215 bits per heavy atom. The average molecular weight is 1920 g/mol. The first-order valence-electron chi connectivity index (χ1n) is 30.5. The molecule has 24 nitrogen and oxygen atoms in total. The zero-order valence-corrected chi connectivity index (χ0v) is 74.3. The van der Waals surface area contributed by atoms with Crippen LogP contribution in [-0.4, -0.2) is 39.9 Å². The van der Waals surface area contributed by atoms with Crippen molar-refractivity contribution in [2.24, 2.45) is 39.9 Å². The fourth-order valence-electron chi connectivity index (χ4n) is 6.61. The first-order chi connectivity index (χ1) is 50.1. The predicted octanol–water partition coefficient (Wildman–Crippen LogP) is 16.8. The molecule has 16 rings (SSSR count). The maximum atomic E-state index is 4.32. The van der Waals surface area contributed by atoms with Gasteiger partial charge in [-0.15, -0.1) is 147 Å². The van der Waals surface area contributed by atoms with Crippen LogP contribution in [0.25, 0.3) is 0 Å². The third-order valence-electron chi connectivity index (χ3n) is 11.5. The number of hydrogen-bond donors (Lipinski definition) is 0. The van der Waals surface area contributed by atoms with Crippen molar-refractivity contribution in [3.8, 4) is 0 Å². The van der Waals surface area contributed by atoms with Gasteiger partial charge in [0.2, 0.25) is 0 Å². The van der Waals surface area contributed by atoms with Gasteiger partial charge in [-0.2, -0.15) is 34.0 Å². The predicted molar refractivity (Wildman–Crippen MR) is 430 cm³/mol. The second-order valence-corrected chi connectivity index (χ2v) is 35.7. The van der Waals surface area contributed by atoms with Crippen molar-refractivity contribution in [1.29, 1.82) is 0 Å². The molecule has 0 aliphatic heterocycles. The Balaban J connectivity index is 0.000000219. The molecule has 16 aromatic rings. The summed E-state index contributed by atoms with van der Waals surface area (Å²) in [6, 6.07) is 0. The molecule has 44 heteroatoms. The summed E-state index contributed by atoms with van der Waals surface area (Å²) in [6.07, 6.45) is 28.6. The van der Waals surface area contributed by atoms with Gasteiger partial charge in [0.05, 0.1) is 0 Å². The van der Waals surface area contributed by atoms with Crippen LogP contribution >= 0.6 is 181 Å². The monoisotopic (exact) mass is 1920 g/mol. The fraction of sp³-hybridized carbons (Fsp3) is 0.238. The van der Waals surface area contributed by atoms with Gasteiger partial charge in [-0.1, -0.05) is 119 Å². The van der Waals surface area contributed by atoms with Crippen LogP contribution in [-0.2, 0) is 68.3 Å². The van der Waals surface area contributed by atoms with E-state index in [2.05, 4.69) is 189 Å². The van der Waals surface area contributed by atoms with Crippen LogP contribution in [0.3, 0.4) is 0 Å². The molecular formula is C63H62Cu4N24S16. The minimum Gasteiger partial charge on any atom is -0.433 e. The largest absolute Gasteiger partial charge is 2.00 e. The molecule has 16 heterocycles. The molecule has 574 valence electrons. The Labute approximate surface area is 721 Å².